The molecule has 0 spiro atoms. The molecule has 1 aliphatic rings. The first-order valence-corrected chi connectivity index (χ1v) is 7.62. The molecule has 96 valence electrons. The Morgan fingerprint density at radius 2 is 2.18 bits per heavy atom. The molecule has 2 nitrogen and oxygen atoms in total. The van der Waals surface area contributed by atoms with Crippen molar-refractivity contribution in [1.29, 1.82) is 0 Å². The monoisotopic (exact) mass is 253 g/mol. The fraction of sp³-hybridized carbons (Fsp3) is 0.500. The summed E-state index contributed by atoms with van der Waals surface area (Å²) in [6.07, 6.45) is 6.37. The van der Waals surface area contributed by atoms with E-state index in [1.807, 2.05) is 6.92 Å². The van der Waals surface area contributed by atoms with Gasteiger partial charge < -0.3 is 5.32 Å². The highest BCUT2D eigenvalue weighted by atomic mass is 31.1. The molecular weight excluding hydrogens is 229 g/mol. The maximum atomic E-state index is 11.8. The molecule has 1 amide bonds. The lowest BCUT2D eigenvalue weighted by molar-refractivity contribution is -0.119. The van der Waals surface area contributed by atoms with Crippen molar-refractivity contribution in [2.75, 3.05) is 13.2 Å². The molecule has 0 aromatic carbocycles. The summed E-state index contributed by atoms with van der Waals surface area (Å²) in [5.41, 5.74) is 2.68. The van der Waals surface area contributed by atoms with Crippen LogP contribution in [0.25, 0.3) is 0 Å². The average Bonchev–Trinajstić information content (AvgIpc) is 2.51. The highest BCUT2D eigenvalue weighted by Crippen LogP contribution is 2.31. The zero-order chi connectivity index (χ0) is 13.3. The van der Waals surface area contributed by atoms with Crippen LogP contribution in [0.1, 0.15) is 26.7 Å². The molecule has 0 aliphatic carbocycles. The number of rotatable bonds is 2. The van der Waals surface area contributed by atoms with Gasteiger partial charge in [-0.3, -0.25) is 4.79 Å². The number of nitrogens with one attached hydrogen (secondary N) is 1. The van der Waals surface area contributed by atoms with Crippen molar-refractivity contribution in [3.05, 3.63) is 36.5 Å². The third kappa shape index (κ3) is 4.47. The minimum atomic E-state index is 0.0790. The molecule has 0 saturated carbocycles. The van der Waals surface area contributed by atoms with Crippen LogP contribution in [0.4, 0.5) is 0 Å². The summed E-state index contributed by atoms with van der Waals surface area (Å²) < 4.78 is 0. The van der Waals surface area contributed by atoms with E-state index in [2.05, 4.69) is 44.2 Å². The average molecular weight is 253 g/mol. The molecular formula is C14H24NOP. The van der Waals surface area contributed by atoms with Crippen molar-refractivity contribution in [3.63, 3.8) is 0 Å². The second kappa shape index (κ2) is 9.18. The minimum Gasteiger partial charge on any atom is -0.355 e. The van der Waals surface area contributed by atoms with Gasteiger partial charge in [0.2, 0.25) is 5.91 Å². The Morgan fingerprint density at radius 3 is 2.65 bits per heavy atom. The van der Waals surface area contributed by atoms with Gasteiger partial charge in [-0.25, -0.2) is 0 Å². The predicted molar refractivity (Wildman–Crippen MR) is 79.0 cm³/mol. The molecule has 0 radical (unpaired) electrons. The van der Waals surface area contributed by atoms with Gasteiger partial charge >= 0.3 is 0 Å². The summed E-state index contributed by atoms with van der Waals surface area (Å²) >= 11 is 0. The van der Waals surface area contributed by atoms with E-state index >= 15 is 0 Å². The van der Waals surface area contributed by atoms with E-state index in [0.29, 0.717) is 8.58 Å². The van der Waals surface area contributed by atoms with Crippen LogP contribution in [0.5, 0.6) is 0 Å². The van der Waals surface area contributed by atoms with E-state index in [-0.39, 0.29) is 11.6 Å². The van der Waals surface area contributed by atoms with Crippen LogP contribution in [0, 0.1) is 0 Å². The van der Waals surface area contributed by atoms with E-state index < -0.39 is 0 Å². The molecule has 1 rings (SSSR count). The largest absolute Gasteiger partial charge is 0.355 e. The number of allylic oxidation sites excluding steroid dienone is 2. The van der Waals surface area contributed by atoms with E-state index in [4.69, 9.17) is 0 Å². The lowest BCUT2D eigenvalue weighted by Crippen LogP contribution is -2.30. The van der Waals surface area contributed by atoms with Gasteiger partial charge in [0.25, 0.3) is 0 Å². The third-order valence-electron chi connectivity index (χ3n) is 2.69. The van der Waals surface area contributed by atoms with Gasteiger partial charge in [0.15, 0.2) is 0 Å². The summed E-state index contributed by atoms with van der Waals surface area (Å²) in [4.78, 5) is 11.8. The van der Waals surface area contributed by atoms with Gasteiger partial charge in [-0.2, -0.15) is 0 Å². The third-order valence-corrected chi connectivity index (χ3v) is 3.84. The Morgan fingerprint density at radius 1 is 1.53 bits per heavy atom. The van der Waals surface area contributed by atoms with Crippen molar-refractivity contribution in [2.45, 2.75) is 32.3 Å². The van der Waals surface area contributed by atoms with E-state index in [0.717, 1.165) is 19.4 Å². The minimum absolute atomic E-state index is 0.0790. The molecule has 0 aromatic heterocycles. The Bertz CT molecular complexity index is 307. The van der Waals surface area contributed by atoms with Crippen molar-refractivity contribution in [1.82, 2.24) is 5.32 Å². The van der Waals surface area contributed by atoms with Crippen LogP contribution in [-0.2, 0) is 4.79 Å². The Labute approximate surface area is 107 Å². The van der Waals surface area contributed by atoms with E-state index in [9.17, 15) is 4.79 Å². The van der Waals surface area contributed by atoms with Gasteiger partial charge in [0, 0.05) is 6.54 Å². The van der Waals surface area contributed by atoms with Crippen LogP contribution < -0.4 is 5.32 Å². The molecule has 0 aromatic rings. The first kappa shape index (κ1) is 16.1. The maximum Gasteiger partial charge on any atom is 0.231 e. The van der Waals surface area contributed by atoms with Crippen LogP contribution in [0.3, 0.4) is 0 Å². The molecule has 1 saturated heterocycles. The fourth-order valence-electron chi connectivity index (χ4n) is 2.00. The highest BCUT2D eigenvalue weighted by Gasteiger charge is 2.25. The Kier molecular flexibility index (Phi) is 8.71. The second-order valence-electron chi connectivity index (χ2n) is 3.64. The first-order valence-electron chi connectivity index (χ1n) is 6.05. The lowest BCUT2D eigenvalue weighted by atomic mass is 9.99. The molecule has 0 bridgehead atoms. The summed E-state index contributed by atoms with van der Waals surface area (Å²) in [5, 5.41) is 2.98. The number of hydrogen-bond donors (Lipinski definition) is 1. The number of hydrogen-bond acceptors (Lipinski definition) is 1. The summed E-state index contributed by atoms with van der Waals surface area (Å²) in [6, 6.07) is 0. The van der Waals surface area contributed by atoms with Gasteiger partial charge in [0.1, 0.15) is 0 Å². The molecule has 1 fully saturated rings. The maximum absolute atomic E-state index is 11.8. The van der Waals surface area contributed by atoms with Crippen molar-refractivity contribution in [3.8, 4) is 0 Å². The lowest BCUT2D eigenvalue weighted by Gasteiger charge is -2.15. The van der Waals surface area contributed by atoms with Crippen molar-refractivity contribution >= 4 is 14.5 Å². The zero-order valence-corrected chi connectivity index (χ0v) is 12.2. The topological polar surface area (TPSA) is 29.1 Å². The van der Waals surface area contributed by atoms with Crippen LogP contribution in [-0.4, -0.2) is 24.8 Å². The van der Waals surface area contributed by atoms with E-state index in [1.165, 1.54) is 11.1 Å². The summed E-state index contributed by atoms with van der Waals surface area (Å²) in [5.74, 6) is 0.198. The molecule has 2 unspecified atom stereocenters. The Hall–Kier alpha value is -0.880. The molecule has 3 heteroatoms. The normalized spacial score (nSPS) is 25.6. The first-order chi connectivity index (χ1) is 8.24. The summed E-state index contributed by atoms with van der Waals surface area (Å²) in [7, 11) is 0.639. The van der Waals surface area contributed by atoms with Gasteiger partial charge in [-0.15, -0.1) is 21.7 Å². The number of carbonyl (C=O) groups excluding carboxylic acids is 1. The Balaban J connectivity index is 0.00000121. The number of amides is 1. The zero-order valence-electron chi connectivity index (χ0n) is 11.2. The van der Waals surface area contributed by atoms with Crippen LogP contribution in [0.2, 0.25) is 0 Å². The SMILES string of the molecule is C/C=C1\C(=C/CC)CCNC(=O)C1PC.C=C. The van der Waals surface area contributed by atoms with Gasteiger partial charge in [0.05, 0.1) is 5.66 Å². The van der Waals surface area contributed by atoms with Crippen molar-refractivity contribution < 1.29 is 4.79 Å². The van der Waals surface area contributed by atoms with E-state index in [1.54, 1.807) is 0 Å². The predicted octanol–water partition coefficient (Wildman–Crippen LogP) is 3.27. The van der Waals surface area contributed by atoms with Gasteiger partial charge in [-0.1, -0.05) is 19.1 Å². The summed E-state index contributed by atoms with van der Waals surface area (Å²) in [6.45, 7) is 13.1. The molecule has 1 heterocycles. The second-order valence-corrected chi connectivity index (χ2v) is 4.80. The van der Waals surface area contributed by atoms with Crippen LogP contribution in [0.15, 0.2) is 36.5 Å². The quantitative estimate of drug-likeness (QED) is 0.594. The molecule has 1 N–H and O–H groups in total. The number of carbonyl (C=O) groups is 1. The molecule has 2 atom stereocenters. The van der Waals surface area contributed by atoms with Crippen LogP contribution >= 0.6 is 8.58 Å². The van der Waals surface area contributed by atoms with Crippen molar-refractivity contribution in [2.24, 2.45) is 0 Å². The van der Waals surface area contributed by atoms with Gasteiger partial charge in [-0.05, 0) is 37.6 Å². The standard InChI is InChI=1S/C12H20NOP.C2H4/c1-4-6-9-7-8-13-12(14)11(15-3)10(9)5-2;1-2/h5-6,11,15H,4,7-8H2,1-3H3,(H,13,14);1-2H2/b9-6-,10-5+;. The highest BCUT2D eigenvalue weighted by molar-refractivity contribution is 7.39. The molecule has 17 heavy (non-hydrogen) atoms. The smallest absolute Gasteiger partial charge is 0.231 e. The molecule has 1 aliphatic heterocycles. The fourth-order valence-corrected chi connectivity index (χ4v) is 3.03.